The zero-order valence-corrected chi connectivity index (χ0v) is 10.2. The Labute approximate surface area is 110 Å². The molecule has 0 aliphatic rings. The fourth-order valence-corrected chi connectivity index (χ4v) is 2.21. The second-order valence-electron chi connectivity index (χ2n) is 4.42. The Morgan fingerprint density at radius 2 is 1.95 bits per heavy atom. The van der Waals surface area contributed by atoms with Gasteiger partial charge in [-0.3, -0.25) is 0 Å². The first-order valence-electron chi connectivity index (χ1n) is 6.00. The summed E-state index contributed by atoms with van der Waals surface area (Å²) in [4.78, 5) is 0. The number of hydrogen-bond acceptors (Lipinski definition) is 1. The van der Waals surface area contributed by atoms with Crippen LogP contribution in [0.2, 0.25) is 0 Å². The van der Waals surface area contributed by atoms with Crippen LogP contribution in [-0.2, 0) is 6.54 Å². The molecule has 3 heteroatoms. The fraction of sp³-hybridized carbons (Fsp3) is 0.0625. The molecule has 0 bridgehead atoms. The van der Waals surface area contributed by atoms with E-state index in [2.05, 4.69) is 0 Å². The van der Waals surface area contributed by atoms with Crippen molar-refractivity contribution < 1.29 is 4.39 Å². The zero-order valence-electron chi connectivity index (χ0n) is 10.2. The Morgan fingerprint density at radius 1 is 1.11 bits per heavy atom. The normalized spacial score (nSPS) is 10.5. The van der Waals surface area contributed by atoms with Crippen LogP contribution in [0.3, 0.4) is 0 Å². The summed E-state index contributed by atoms with van der Waals surface area (Å²) in [6, 6.07) is 16.5. The van der Waals surface area contributed by atoms with Crippen molar-refractivity contribution in [3.05, 3.63) is 71.7 Å². The summed E-state index contributed by atoms with van der Waals surface area (Å²) in [5, 5.41) is 9.86. The number of benzene rings is 2. The molecular weight excluding hydrogens is 239 g/mol. The van der Waals surface area contributed by atoms with E-state index in [4.69, 9.17) is 5.26 Å². The number of para-hydroxylation sites is 1. The van der Waals surface area contributed by atoms with Crippen molar-refractivity contribution in [2.75, 3.05) is 0 Å². The molecule has 3 aromatic rings. The number of rotatable bonds is 2. The van der Waals surface area contributed by atoms with Crippen molar-refractivity contribution in [1.29, 1.82) is 5.26 Å². The Bertz CT molecular complexity index is 781. The smallest absolute Gasteiger partial charge is 0.129 e. The Kier molecular flexibility index (Phi) is 2.77. The number of fused-ring (bicyclic) bond motifs is 1. The number of hydrogen-bond donors (Lipinski definition) is 0. The van der Waals surface area contributed by atoms with E-state index in [-0.39, 0.29) is 5.82 Å². The van der Waals surface area contributed by atoms with E-state index in [0.29, 0.717) is 17.7 Å². The van der Waals surface area contributed by atoms with Crippen LogP contribution in [0.15, 0.2) is 54.7 Å². The minimum absolute atomic E-state index is 0.336. The quantitative estimate of drug-likeness (QED) is 0.681. The fourth-order valence-electron chi connectivity index (χ4n) is 2.21. The molecule has 0 unspecified atom stereocenters. The summed E-state index contributed by atoms with van der Waals surface area (Å²) in [7, 11) is 0. The van der Waals surface area contributed by atoms with Gasteiger partial charge >= 0.3 is 0 Å². The third kappa shape index (κ3) is 2.09. The molecule has 0 saturated heterocycles. The molecule has 2 aromatic carbocycles. The van der Waals surface area contributed by atoms with Gasteiger partial charge in [-0.05, 0) is 29.7 Å². The van der Waals surface area contributed by atoms with Crippen molar-refractivity contribution in [1.82, 2.24) is 4.57 Å². The van der Waals surface area contributed by atoms with E-state index in [1.54, 1.807) is 12.1 Å². The van der Waals surface area contributed by atoms with E-state index in [1.807, 2.05) is 47.2 Å². The first-order valence-corrected chi connectivity index (χ1v) is 6.00. The van der Waals surface area contributed by atoms with E-state index in [0.717, 1.165) is 10.9 Å². The lowest BCUT2D eigenvalue weighted by atomic mass is 10.1. The molecule has 0 aliphatic carbocycles. The largest absolute Gasteiger partial charge is 0.343 e. The van der Waals surface area contributed by atoms with Crippen LogP contribution in [0.4, 0.5) is 4.39 Å². The van der Waals surface area contributed by atoms with Crippen LogP contribution in [-0.4, -0.2) is 4.57 Å². The van der Waals surface area contributed by atoms with Gasteiger partial charge in [-0.1, -0.05) is 24.3 Å². The second-order valence-corrected chi connectivity index (χ2v) is 4.42. The minimum Gasteiger partial charge on any atom is -0.343 e. The summed E-state index contributed by atoms with van der Waals surface area (Å²) in [6.07, 6.45) is 1.95. The molecule has 0 aliphatic heterocycles. The number of nitriles is 1. The highest BCUT2D eigenvalue weighted by molar-refractivity contribution is 5.80. The maximum atomic E-state index is 13.9. The maximum absolute atomic E-state index is 13.9. The standard InChI is InChI=1S/C16H11FN2/c17-15-9-12(10-18)5-6-14(15)11-19-8-7-13-3-1-2-4-16(13)19/h1-9H,11H2. The molecule has 0 atom stereocenters. The van der Waals surface area contributed by atoms with Gasteiger partial charge in [0.1, 0.15) is 5.82 Å². The van der Waals surface area contributed by atoms with Crippen LogP contribution < -0.4 is 0 Å². The Morgan fingerprint density at radius 3 is 2.74 bits per heavy atom. The summed E-state index contributed by atoms with van der Waals surface area (Å²) < 4.78 is 15.9. The number of aromatic nitrogens is 1. The van der Waals surface area contributed by atoms with Gasteiger partial charge in [0.05, 0.1) is 18.2 Å². The van der Waals surface area contributed by atoms with Crippen molar-refractivity contribution in [2.24, 2.45) is 0 Å². The highest BCUT2D eigenvalue weighted by atomic mass is 19.1. The van der Waals surface area contributed by atoms with Crippen molar-refractivity contribution >= 4 is 10.9 Å². The SMILES string of the molecule is N#Cc1ccc(Cn2ccc3ccccc32)c(F)c1. The lowest BCUT2D eigenvalue weighted by Crippen LogP contribution is -2.00. The molecule has 0 amide bonds. The van der Waals surface area contributed by atoms with Gasteiger partial charge in [0.15, 0.2) is 0 Å². The highest BCUT2D eigenvalue weighted by Crippen LogP contribution is 2.18. The molecule has 1 heterocycles. The molecule has 3 rings (SSSR count). The number of nitrogens with zero attached hydrogens (tertiary/aromatic N) is 2. The van der Waals surface area contributed by atoms with Crippen molar-refractivity contribution in [3.8, 4) is 6.07 Å². The first kappa shape index (κ1) is 11.5. The van der Waals surface area contributed by atoms with Crippen LogP contribution >= 0.6 is 0 Å². The van der Waals surface area contributed by atoms with Crippen molar-refractivity contribution in [2.45, 2.75) is 6.54 Å². The monoisotopic (exact) mass is 250 g/mol. The number of halogens is 1. The molecule has 1 aromatic heterocycles. The first-order chi connectivity index (χ1) is 9.28. The van der Waals surface area contributed by atoms with Gasteiger partial charge in [-0.15, -0.1) is 0 Å². The van der Waals surface area contributed by atoms with E-state index >= 15 is 0 Å². The lowest BCUT2D eigenvalue weighted by Gasteiger charge is -2.07. The third-order valence-electron chi connectivity index (χ3n) is 3.20. The van der Waals surface area contributed by atoms with Crippen LogP contribution in [0.25, 0.3) is 10.9 Å². The van der Waals surface area contributed by atoms with Gasteiger partial charge in [-0.25, -0.2) is 4.39 Å². The zero-order chi connectivity index (χ0) is 13.2. The van der Waals surface area contributed by atoms with Gasteiger partial charge in [0.25, 0.3) is 0 Å². The summed E-state index contributed by atoms with van der Waals surface area (Å²) in [6.45, 7) is 0.463. The predicted octanol–water partition coefficient (Wildman–Crippen LogP) is 3.70. The minimum atomic E-state index is -0.336. The van der Waals surface area contributed by atoms with E-state index < -0.39 is 0 Å². The summed E-state index contributed by atoms with van der Waals surface area (Å²) in [5.41, 5.74) is 2.00. The molecule has 0 fully saturated rings. The average Bonchev–Trinajstić information content (AvgIpc) is 2.84. The molecule has 0 N–H and O–H groups in total. The third-order valence-corrected chi connectivity index (χ3v) is 3.20. The molecule has 0 saturated carbocycles. The molecule has 19 heavy (non-hydrogen) atoms. The molecule has 92 valence electrons. The van der Waals surface area contributed by atoms with Crippen LogP contribution in [0.5, 0.6) is 0 Å². The van der Waals surface area contributed by atoms with Gasteiger partial charge < -0.3 is 4.57 Å². The molecule has 0 spiro atoms. The van der Waals surface area contributed by atoms with Crippen LogP contribution in [0, 0.1) is 17.1 Å². The lowest BCUT2D eigenvalue weighted by molar-refractivity contribution is 0.601. The average molecular weight is 250 g/mol. The Balaban J connectivity index is 2.00. The van der Waals surface area contributed by atoms with Crippen LogP contribution in [0.1, 0.15) is 11.1 Å². The summed E-state index contributed by atoms with van der Waals surface area (Å²) >= 11 is 0. The topological polar surface area (TPSA) is 28.7 Å². The van der Waals surface area contributed by atoms with Gasteiger partial charge in [-0.2, -0.15) is 5.26 Å². The second kappa shape index (κ2) is 4.58. The Hall–Kier alpha value is -2.60. The predicted molar refractivity (Wildman–Crippen MR) is 72.2 cm³/mol. The molecule has 0 radical (unpaired) electrons. The van der Waals surface area contributed by atoms with Crippen molar-refractivity contribution in [3.63, 3.8) is 0 Å². The van der Waals surface area contributed by atoms with Gasteiger partial charge in [0, 0.05) is 17.3 Å². The van der Waals surface area contributed by atoms with Gasteiger partial charge in [0.2, 0.25) is 0 Å². The summed E-state index contributed by atoms with van der Waals surface area (Å²) in [5.74, 6) is -0.336. The molecular formula is C16H11FN2. The maximum Gasteiger partial charge on any atom is 0.129 e. The van der Waals surface area contributed by atoms with E-state index in [1.165, 1.54) is 6.07 Å². The highest BCUT2D eigenvalue weighted by Gasteiger charge is 2.06. The van der Waals surface area contributed by atoms with E-state index in [9.17, 15) is 4.39 Å². The molecule has 2 nitrogen and oxygen atoms in total.